The van der Waals surface area contributed by atoms with Gasteiger partial charge in [0.25, 0.3) is 5.91 Å². The van der Waals surface area contributed by atoms with E-state index < -0.39 is 0 Å². The van der Waals surface area contributed by atoms with Gasteiger partial charge in [0.15, 0.2) is 0 Å². The molecular formula is C7H8N4O. The third-order valence-electron chi connectivity index (χ3n) is 1.55. The van der Waals surface area contributed by atoms with E-state index in [1.165, 1.54) is 0 Å². The lowest BCUT2D eigenvalue weighted by Crippen LogP contribution is -2.50. The first-order valence-electron chi connectivity index (χ1n) is 3.55. The van der Waals surface area contributed by atoms with Crippen molar-refractivity contribution in [2.45, 2.75) is 6.92 Å². The van der Waals surface area contributed by atoms with E-state index in [1.807, 2.05) is 6.92 Å². The highest BCUT2D eigenvalue weighted by Crippen LogP contribution is 2.04. The number of hydrogen-bond acceptors (Lipinski definition) is 4. The lowest BCUT2D eigenvalue weighted by atomic mass is 10.3. The fourth-order valence-corrected chi connectivity index (χ4v) is 1.07. The van der Waals surface area contributed by atoms with Gasteiger partial charge in [0.1, 0.15) is 0 Å². The van der Waals surface area contributed by atoms with Crippen molar-refractivity contribution < 1.29 is 4.79 Å². The molecule has 2 N–H and O–H groups in total. The summed E-state index contributed by atoms with van der Waals surface area (Å²) < 4.78 is 0. The van der Waals surface area contributed by atoms with Crippen molar-refractivity contribution in [3.05, 3.63) is 24.3 Å². The second kappa shape index (κ2) is 2.37. The molecule has 1 amide bonds. The normalized spacial score (nSPS) is 20.4. The minimum absolute atomic E-state index is 0.188. The average Bonchev–Trinajstić information content (AvgIpc) is 2.04. The molecule has 0 atom stereocenters. The van der Waals surface area contributed by atoms with Crippen LogP contribution < -0.4 is 10.7 Å². The number of hydrogen-bond donors (Lipinski definition) is 2. The van der Waals surface area contributed by atoms with Gasteiger partial charge >= 0.3 is 0 Å². The molecule has 0 spiro atoms. The molecule has 0 bridgehead atoms. The Kier molecular flexibility index (Phi) is 1.36. The zero-order valence-corrected chi connectivity index (χ0v) is 6.53. The standard InChI is InChI=1S/C7H8N4O/c1-5-4-11-6(7(12)10-5)8-2-3-9-11/h2-4,9H,1H3,(H,10,12). The minimum Gasteiger partial charge on any atom is -0.322 e. The summed E-state index contributed by atoms with van der Waals surface area (Å²) in [6.45, 7) is 1.81. The Labute approximate surface area is 69.4 Å². The Morgan fingerprint density at radius 3 is 3.25 bits per heavy atom. The van der Waals surface area contributed by atoms with Crippen LogP contribution in [-0.4, -0.2) is 16.8 Å². The first-order valence-corrected chi connectivity index (χ1v) is 3.55. The first-order chi connectivity index (χ1) is 5.77. The molecular weight excluding hydrogens is 156 g/mol. The molecule has 0 radical (unpaired) electrons. The van der Waals surface area contributed by atoms with E-state index in [0.717, 1.165) is 5.70 Å². The Bertz CT molecular complexity index is 315. The molecule has 0 aromatic heterocycles. The predicted molar refractivity (Wildman–Crippen MR) is 43.4 cm³/mol. The number of fused-ring (bicyclic) bond motifs is 1. The van der Waals surface area contributed by atoms with Gasteiger partial charge < -0.3 is 5.32 Å². The molecule has 2 aliphatic rings. The zero-order valence-electron chi connectivity index (χ0n) is 6.53. The third kappa shape index (κ3) is 0.952. The Morgan fingerprint density at radius 2 is 2.42 bits per heavy atom. The van der Waals surface area contributed by atoms with E-state index in [-0.39, 0.29) is 5.91 Å². The van der Waals surface area contributed by atoms with Crippen LogP contribution in [0.3, 0.4) is 0 Å². The fourth-order valence-electron chi connectivity index (χ4n) is 1.07. The van der Waals surface area contributed by atoms with Crippen LogP contribution in [-0.2, 0) is 4.79 Å². The minimum atomic E-state index is -0.188. The van der Waals surface area contributed by atoms with Gasteiger partial charge in [-0.25, -0.2) is 10.0 Å². The van der Waals surface area contributed by atoms with Crippen LogP contribution in [0.2, 0.25) is 0 Å². The molecule has 0 unspecified atom stereocenters. The Balaban J connectivity index is 2.39. The fraction of sp³-hybridized carbons (Fsp3) is 0.143. The number of allylic oxidation sites excluding steroid dienone is 1. The van der Waals surface area contributed by atoms with Gasteiger partial charge in [-0.3, -0.25) is 10.2 Å². The second-order valence-corrected chi connectivity index (χ2v) is 2.53. The number of nitrogens with one attached hydrogen (secondary N) is 2. The van der Waals surface area contributed by atoms with E-state index in [4.69, 9.17) is 0 Å². The SMILES string of the molecule is CC1=CN2NC=CN=C2C(=O)N1. The summed E-state index contributed by atoms with van der Waals surface area (Å²) in [5, 5.41) is 4.23. The summed E-state index contributed by atoms with van der Waals surface area (Å²) in [5.74, 6) is 0.176. The van der Waals surface area contributed by atoms with Gasteiger partial charge in [0.2, 0.25) is 5.84 Å². The second-order valence-electron chi connectivity index (χ2n) is 2.53. The third-order valence-corrected chi connectivity index (χ3v) is 1.55. The molecule has 5 nitrogen and oxygen atoms in total. The molecule has 2 rings (SSSR count). The summed E-state index contributed by atoms with van der Waals surface area (Å²) in [7, 11) is 0. The summed E-state index contributed by atoms with van der Waals surface area (Å²) in [4.78, 5) is 15.2. The van der Waals surface area contributed by atoms with Crippen molar-refractivity contribution in [3.63, 3.8) is 0 Å². The summed E-state index contributed by atoms with van der Waals surface area (Å²) >= 11 is 0. The number of carbonyl (C=O) groups excluding carboxylic acids is 1. The maximum Gasteiger partial charge on any atom is 0.293 e. The Hall–Kier alpha value is -1.78. The maximum absolute atomic E-state index is 11.2. The van der Waals surface area contributed by atoms with Crippen LogP contribution in [0.25, 0.3) is 0 Å². The smallest absolute Gasteiger partial charge is 0.293 e. The van der Waals surface area contributed by atoms with Gasteiger partial charge in [0.05, 0.1) is 0 Å². The molecule has 12 heavy (non-hydrogen) atoms. The molecule has 0 saturated carbocycles. The highest BCUT2D eigenvalue weighted by Gasteiger charge is 2.23. The van der Waals surface area contributed by atoms with E-state index in [1.54, 1.807) is 23.6 Å². The van der Waals surface area contributed by atoms with Crippen molar-refractivity contribution in [2.24, 2.45) is 4.99 Å². The van der Waals surface area contributed by atoms with Crippen LogP contribution in [0.1, 0.15) is 6.92 Å². The maximum atomic E-state index is 11.2. The predicted octanol–water partition coefficient (Wildman–Crippen LogP) is -0.333. The summed E-state index contributed by atoms with van der Waals surface area (Å²) in [6, 6.07) is 0. The quantitative estimate of drug-likeness (QED) is 0.515. The molecule has 0 aromatic rings. The first kappa shape index (κ1) is 6.90. The molecule has 0 aromatic carbocycles. The summed E-state index contributed by atoms with van der Waals surface area (Å²) in [6.07, 6.45) is 4.97. The molecule has 0 aliphatic carbocycles. The van der Waals surface area contributed by atoms with Crippen molar-refractivity contribution >= 4 is 11.7 Å². The molecule has 0 saturated heterocycles. The highest BCUT2D eigenvalue weighted by molar-refractivity contribution is 6.39. The largest absolute Gasteiger partial charge is 0.322 e. The van der Waals surface area contributed by atoms with Crippen molar-refractivity contribution in [1.29, 1.82) is 0 Å². The molecule has 2 aliphatic heterocycles. The van der Waals surface area contributed by atoms with E-state index in [0.29, 0.717) is 5.84 Å². The van der Waals surface area contributed by atoms with E-state index >= 15 is 0 Å². The molecule has 2 heterocycles. The van der Waals surface area contributed by atoms with Crippen molar-refractivity contribution in [1.82, 2.24) is 15.8 Å². The zero-order chi connectivity index (χ0) is 8.55. The lowest BCUT2D eigenvalue weighted by Gasteiger charge is -2.27. The summed E-state index contributed by atoms with van der Waals surface area (Å²) in [5.41, 5.74) is 3.66. The number of amides is 1. The highest BCUT2D eigenvalue weighted by atomic mass is 16.2. The van der Waals surface area contributed by atoms with E-state index in [2.05, 4.69) is 15.7 Å². The van der Waals surface area contributed by atoms with Crippen LogP contribution in [0.15, 0.2) is 29.3 Å². The number of hydrazine groups is 1. The van der Waals surface area contributed by atoms with Crippen LogP contribution in [0, 0.1) is 0 Å². The monoisotopic (exact) mass is 164 g/mol. The Morgan fingerprint density at radius 1 is 1.58 bits per heavy atom. The van der Waals surface area contributed by atoms with Gasteiger partial charge in [-0.15, -0.1) is 0 Å². The van der Waals surface area contributed by atoms with Gasteiger partial charge in [-0.1, -0.05) is 0 Å². The molecule has 62 valence electrons. The number of rotatable bonds is 0. The van der Waals surface area contributed by atoms with Gasteiger partial charge in [0, 0.05) is 24.3 Å². The van der Waals surface area contributed by atoms with Gasteiger partial charge in [-0.2, -0.15) is 0 Å². The van der Waals surface area contributed by atoms with E-state index in [9.17, 15) is 4.79 Å². The van der Waals surface area contributed by atoms with Crippen molar-refractivity contribution in [2.75, 3.05) is 0 Å². The number of aliphatic imine (C=N–C) groups is 1. The number of nitrogens with zero attached hydrogens (tertiary/aromatic N) is 2. The molecule has 0 fully saturated rings. The lowest BCUT2D eigenvalue weighted by molar-refractivity contribution is -0.115. The van der Waals surface area contributed by atoms with Gasteiger partial charge in [-0.05, 0) is 6.92 Å². The topological polar surface area (TPSA) is 56.7 Å². The number of carbonyl (C=O) groups is 1. The average molecular weight is 164 g/mol. The number of amidine groups is 1. The van der Waals surface area contributed by atoms with Crippen LogP contribution in [0.4, 0.5) is 0 Å². The van der Waals surface area contributed by atoms with Crippen molar-refractivity contribution in [3.8, 4) is 0 Å². The van der Waals surface area contributed by atoms with Crippen LogP contribution in [0.5, 0.6) is 0 Å². The van der Waals surface area contributed by atoms with Crippen LogP contribution >= 0.6 is 0 Å². The molecule has 5 heteroatoms.